The van der Waals surface area contributed by atoms with E-state index < -0.39 is 52.8 Å². The Hall–Kier alpha value is -3.76. The summed E-state index contributed by atoms with van der Waals surface area (Å²) in [5.41, 5.74) is 5.24. The number of ether oxygens (including phenoxy) is 1. The van der Waals surface area contributed by atoms with Gasteiger partial charge in [-0.1, -0.05) is 52.8 Å². The van der Waals surface area contributed by atoms with Crippen LogP contribution in [0.15, 0.2) is 29.3 Å². The average Bonchev–Trinajstić information content (AvgIpc) is 3.14. The number of amides is 5. The largest absolute Gasteiger partial charge is 0.442 e. The van der Waals surface area contributed by atoms with Crippen molar-refractivity contribution < 1.29 is 28.7 Å². The molecule has 0 bridgehead atoms. The van der Waals surface area contributed by atoms with Gasteiger partial charge in [0.15, 0.2) is 0 Å². The molecule has 11 heteroatoms. The third-order valence-electron chi connectivity index (χ3n) is 8.29. The number of nitrogens with two attached hydrogens (primary N) is 1. The quantitative estimate of drug-likeness (QED) is 0.448. The highest BCUT2D eigenvalue weighted by Crippen LogP contribution is 2.65. The fourth-order valence-corrected chi connectivity index (χ4v) is 6.09. The highest BCUT2D eigenvalue weighted by atomic mass is 16.6. The molecule has 1 aliphatic carbocycles. The topological polar surface area (TPSA) is 160 Å². The predicted molar refractivity (Wildman–Crippen MR) is 153 cm³/mol. The number of rotatable bonds is 6. The molecule has 1 saturated carbocycles. The molecule has 3 aliphatic rings. The van der Waals surface area contributed by atoms with Gasteiger partial charge in [0.1, 0.15) is 23.4 Å². The number of hydrogen-bond acceptors (Lipinski definition) is 6. The van der Waals surface area contributed by atoms with Gasteiger partial charge in [0.25, 0.3) is 5.91 Å². The number of aliphatic imine (C=N–C) groups is 1. The lowest BCUT2D eigenvalue weighted by Gasteiger charge is -2.33. The summed E-state index contributed by atoms with van der Waals surface area (Å²) >= 11 is 0. The fourth-order valence-electron chi connectivity index (χ4n) is 6.09. The number of nitrogens with one attached hydrogen (secondary N) is 2. The summed E-state index contributed by atoms with van der Waals surface area (Å²) in [7, 11) is 0. The van der Waals surface area contributed by atoms with Crippen molar-refractivity contribution in [2.24, 2.45) is 33.4 Å². The van der Waals surface area contributed by atoms with Crippen LogP contribution in [0.2, 0.25) is 0 Å². The first kappa shape index (κ1) is 30.2. The Morgan fingerprint density at radius 2 is 1.78 bits per heavy atom. The Morgan fingerprint density at radius 1 is 1.15 bits per heavy atom. The lowest BCUT2D eigenvalue weighted by Crippen LogP contribution is -2.56. The molecule has 222 valence electrons. The minimum absolute atomic E-state index is 0.0184. The first-order chi connectivity index (χ1) is 18.8. The average molecular weight is 568 g/mol. The molecular formula is C30H41N5O6. The van der Waals surface area contributed by atoms with E-state index in [1.54, 1.807) is 65.8 Å². The molecular weight excluding hydrogens is 526 g/mol. The van der Waals surface area contributed by atoms with E-state index in [0.717, 1.165) is 5.56 Å². The van der Waals surface area contributed by atoms with Gasteiger partial charge >= 0.3 is 6.09 Å². The van der Waals surface area contributed by atoms with E-state index in [1.807, 2.05) is 13.8 Å². The molecule has 2 aliphatic heterocycles. The second-order valence-corrected chi connectivity index (χ2v) is 13.9. The molecule has 41 heavy (non-hydrogen) atoms. The van der Waals surface area contributed by atoms with E-state index in [2.05, 4.69) is 15.6 Å². The first-order valence-electron chi connectivity index (χ1n) is 14.0. The van der Waals surface area contributed by atoms with E-state index in [4.69, 9.17) is 10.5 Å². The van der Waals surface area contributed by atoms with Gasteiger partial charge in [-0.15, -0.1) is 0 Å². The van der Waals surface area contributed by atoms with Crippen LogP contribution in [0.25, 0.3) is 0 Å². The van der Waals surface area contributed by atoms with Crippen molar-refractivity contribution >= 4 is 41.1 Å². The number of primary amides is 1. The highest BCUT2D eigenvalue weighted by Gasteiger charge is 2.69. The molecule has 5 amide bonds. The molecule has 1 saturated heterocycles. The second kappa shape index (κ2) is 10.3. The molecule has 2 heterocycles. The number of piperidine rings is 1. The van der Waals surface area contributed by atoms with Crippen LogP contribution in [0.3, 0.4) is 0 Å². The number of carbonyl (C=O) groups excluding carboxylic acids is 5. The molecule has 4 N–H and O–H groups in total. The summed E-state index contributed by atoms with van der Waals surface area (Å²) in [5, 5.41) is 5.54. The number of fused-ring (bicyclic) bond motifs is 2. The summed E-state index contributed by atoms with van der Waals surface area (Å²) in [5.74, 6) is -2.88. The number of benzene rings is 1. The van der Waals surface area contributed by atoms with Gasteiger partial charge in [-0.3, -0.25) is 19.2 Å². The fraction of sp³-hybridized carbons (Fsp3) is 0.600. The molecule has 0 radical (unpaired) electrons. The van der Waals surface area contributed by atoms with Crippen LogP contribution >= 0.6 is 0 Å². The zero-order valence-electron chi connectivity index (χ0n) is 25.0. The number of anilines is 1. The summed E-state index contributed by atoms with van der Waals surface area (Å²) < 4.78 is 5.33. The molecule has 1 aromatic rings. The van der Waals surface area contributed by atoms with Crippen molar-refractivity contribution in [3.63, 3.8) is 0 Å². The normalized spacial score (nSPS) is 25.5. The van der Waals surface area contributed by atoms with Gasteiger partial charge in [0.05, 0.1) is 5.92 Å². The smallest absolute Gasteiger partial charge is 0.434 e. The highest BCUT2D eigenvalue weighted by molar-refractivity contribution is 6.42. The van der Waals surface area contributed by atoms with E-state index in [1.165, 1.54) is 4.90 Å². The van der Waals surface area contributed by atoms with E-state index in [-0.39, 0.29) is 35.3 Å². The minimum atomic E-state index is -1.14. The molecule has 0 aromatic heterocycles. The Labute approximate surface area is 240 Å². The van der Waals surface area contributed by atoms with Crippen LogP contribution in [-0.2, 0) is 23.9 Å². The number of hydrogen-bond donors (Lipinski definition) is 3. The van der Waals surface area contributed by atoms with Crippen molar-refractivity contribution in [2.45, 2.75) is 85.4 Å². The van der Waals surface area contributed by atoms with Crippen molar-refractivity contribution in [2.75, 3.05) is 11.9 Å². The summed E-state index contributed by atoms with van der Waals surface area (Å²) in [6.45, 7) is 14.8. The molecule has 4 rings (SSSR count). The molecule has 11 nitrogen and oxygen atoms in total. The maximum Gasteiger partial charge on any atom is 0.434 e. The second-order valence-electron chi connectivity index (χ2n) is 13.9. The van der Waals surface area contributed by atoms with E-state index in [0.29, 0.717) is 12.2 Å². The van der Waals surface area contributed by atoms with Crippen molar-refractivity contribution in [1.29, 1.82) is 0 Å². The summed E-state index contributed by atoms with van der Waals surface area (Å²) in [4.78, 5) is 71.0. The van der Waals surface area contributed by atoms with Crippen molar-refractivity contribution in [3.05, 3.63) is 29.8 Å². The molecule has 1 unspecified atom stereocenters. The maximum absolute atomic E-state index is 13.9. The SMILES string of the molecule is CC(C)(C)OC(=O)N=C(C(=O)N1C[C@H]2[C@@H]([C@H]1C(=O)N[C@@H](CC1C(=O)Nc3ccccc31)C(N)=O)C2(C)C)C(C)(C)C. The lowest BCUT2D eigenvalue weighted by atomic mass is 9.88. The van der Waals surface area contributed by atoms with Gasteiger partial charge in [-0.05, 0) is 56.1 Å². The molecule has 5 atom stereocenters. The van der Waals surface area contributed by atoms with E-state index in [9.17, 15) is 24.0 Å². The van der Waals surface area contributed by atoms with Crippen LogP contribution in [0, 0.1) is 22.7 Å². The Bertz CT molecular complexity index is 1320. The van der Waals surface area contributed by atoms with Gasteiger partial charge < -0.3 is 26.0 Å². The number of likely N-dealkylation sites (tertiary alicyclic amines) is 1. The number of carbonyl (C=O) groups is 5. The predicted octanol–water partition coefficient (Wildman–Crippen LogP) is 2.99. The minimum Gasteiger partial charge on any atom is -0.442 e. The Morgan fingerprint density at radius 3 is 2.37 bits per heavy atom. The Balaban J connectivity index is 1.59. The lowest BCUT2D eigenvalue weighted by molar-refractivity contribution is -0.137. The maximum atomic E-state index is 13.9. The van der Waals surface area contributed by atoms with E-state index >= 15 is 0 Å². The van der Waals surface area contributed by atoms with Gasteiger partial charge in [0.2, 0.25) is 17.7 Å². The number of para-hydroxylation sites is 1. The summed E-state index contributed by atoms with van der Waals surface area (Å²) in [6, 6.07) is 5.12. The standard InChI is InChI=1S/C30H41N5O6/c1-28(2,3)22(34-27(40)41-29(4,5)6)26(39)35-14-17-20(30(17,7)8)21(35)25(38)33-19(23(31)36)13-16-15-11-9-10-12-18(15)32-24(16)37/h9-12,16-17,19-21H,13-14H2,1-8H3,(H2,31,36)(H,32,37)(H,33,38)/t16?,17-,19-,20-,21-/m0/s1. The van der Waals surface area contributed by atoms with Crippen LogP contribution in [0.5, 0.6) is 0 Å². The zero-order chi connectivity index (χ0) is 30.7. The van der Waals surface area contributed by atoms with Gasteiger partial charge in [0, 0.05) is 17.6 Å². The molecule has 0 spiro atoms. The van der Waals surface area contributed by atoms with Crippen LogP contribution < -0.4 is 16.4 Å². The van der Waals surface area contributed by atoms with Gasteiger partial charge in [-0.2, -0.15) is 4.99 Å². The summed E-state index contributed by atoms with van der Waals surface area (Å²) in [6.07, 6.45) is -0.902. The van der Waals surface area contributed by atoms with Crippen LogP contribution in [-0.4, -0.2) is 64.6 Å². The Kier molecular flexibility index (Phi) is 7.56. The van der Waals surface area contributed by atoms with Crippen molar-refractivity contribution in [1.82, 2.24) is 10.2 Å². The third-order valence-corrected chi connectivity index (χ3v) is 8.29. The third kappa shape index (κ3) is 5.99. The van der Waals surface area contributed by atoms with Crippen LogP contribution in [0.1, 0.15) is 73.3 Å². The zero-order valence-corrected chi connectivity index (χ0v) is 25.0. The van der Waals surface area contributed by atoms with Crippen LogP contribution in [0.4, 0.5) is 10.5 Å². The molecule has 2 fully saturated rings. The monoisotopic (exact) mass is 567 g/mol. The number of nitrogens with zero attached hydrogens (tertiary/aromatic N) is 2. The van der Waals surface area contributed by atoms with Gasteiger partial charge in [-0.25, -0.2) is 4.79 Å². The molecule has 1 aromatic carbocycles. The first-order valence-corrected chi connectivity index (χ1v) is 14.0. The van der Waals surface area contributed by atoms with Crippen molar-refractivity contribution in [3.8, 4) is 0 Å².